The average Bonchev–Trinajstić information content (AvgIpc) is 2.39. The van der Waals surface area contributed by atoms with Crippen LogP contribution in [0.25, 0.3) is 0 Å². The Bertz CT molecular complexity index is 477. The van der Waals surface area contributed by atoms with E-state index in [1.807, 2.05) is 6.07 Å². The Morgan fingerprint density at radius 2 is 2.05 bits per heavy atom. The number of hydrogen-bond donors (Lipinski definition) is 2. The first-order chi connectivity index (χ1) is 9.76. The zero-order valence-corrected chi connectivity index (χ0v) is 12.1. The van der Waals surface area contributed by atoms with Crippen LogP contribution in [0.3, 0.4) is 0 Å². The van der Waals surface area contributed by atoms with Crippen molar-refractivity contribution in [2.75, 3.05) is 31.6 Å². The number of likely N-dealkylation sites (tertiary alicyclic amines) is 1. The largest absolute Gasteiger partial charge is 0.382 e. The molecule has 2 N–H and O–H groups in total. The van der Waals surface area contributed by atoms with E-state index in [1.54, 1.807) is 0 Å². The Hall–Kier alpha value is -1.39. The van der Waals surface area contributed by atoms with Gasteiger partial charge in [-0.15, -0.1) is 0 Å². The van der Waals surface area contributed by atoms with Crippen molar-refractivity contribution < 1.29 is 4.74 Å². The summed E-state index contributed by atoms with van der Waals surface area (Å²) in [4.78, 5) is 2.55. The molecule has 3 rings (SSSR count). The number of aryl methyl sites for hydroxylation is 1. The van der Waals surface area contributed by atoms with Crippen LogP contribution >= 0.6 is 0 Å². The first-order valence-corrected chi connectivity index (χ1v) is 7.46. The number of benzene rings is 1. The van der Waals surface area contributed by atoms with Crippen molar-refractivity contribution in [2.45, 2.75) is 31.8 Å². The van der Waals surface area contributed by atoms with Crippen LogP contribution < -0.4 is 5.32 Å². The lowest BCUT2D eigenvalue weighted by atomic mass is 10.0. The third-order valence-corrected chi connectivity index (χ3v) is 4.39. The molecule has 2 aliphatic heterocycles. The Balaban J connectivity index is 1.59. The van der Waals surface area contributed by atoms with E-state index in [0.717, 1.165) is 37.6 Å². The summed E-state index contributed by atoms with van der Waals surface area (Å²) in [5, 5.41) is 11.1. The molecule has 0 bridgehead atoms. The van der Waals surface area contributed by atoms with Gasteiger partial charge in [0.05, 0.1) is 19.3 Å². The van der Waals surface area contributed by atoms with Gasteiger partial charge in [0.1, 0.15) is 0 Å². The molecule has 1 aromatic carbocycles. The monoisotopic (exact) mass is 273 g/mol. The van der Waals surface area contributed by atoms with Gasteiger partial charge in [-0.25, -0.2) is 0 Å². The van der Waals surface area contributed by atoms with Gasteiger partial charge in [-0.3, -0.25) is 4.90 Å². The quantitative estimate of drug-likeness (QED) is 0.827. The summed E-state index contributed by atoms with van der Waals surface area (Å²) in [6, 6.07) is 7.41. The molecule has 4 heteroatoms. The molecule has 1 aromatic rings. The molecule has 0 saturated carbocycles. The molecule has 0 atom stereocenters. The summed E-state index contributed by atoms with van der Waals surface area (Å²) in [5.41, 5.74) is 3.32. The fourth-order valence-electron chi connectivity index (χ4n) is 2.98. The third-order valence-electron chi connectivity index (χ3n) is 4.39. The van der Waals surface area contributed by atoms with Crippen LogP contribution in [-0.4, -0.2) is 49.5 Å². The van der Waals surface area contributed by atoms with Crippen LogP contribution in [0.5, 0.6) is 0 Å². The molecule has 2 aliphatic rings. The highest BCUT2D eigenvalue weighted by molar-refractivity contribution is 5.86. The average molecular weight is 273 g/mol. The SMILES string of the molecule is Cc1ccc(C=N)c(NC2CCN(C3COC3)CC2)c1. The van der Waals surface area contributed by atoms with E-state index in [0.29, 0.717) is 12.1 Å². The van der Waals surface area contributed by atoms with E-state index < -0.39 is 0 Å². The van der Waals surface area contributed by atoms with Gasteiger partial charge in [0.25, 0.3) is 0 Å². The maximum Gasteiger partial charge on any atom is 0.0645 e. The number of ether oxygens (including phenoxy) is 1. The minimum atomic E-state index is 0.521. The third kappa shape index (κ3) is 2.86. The molecule has 0 unspecified atom stereocenters. The second kappa shape index (κ2) is 5.94. The Labute approximate surface area is 120 Å². The molecular weight excluding hydrogens is 250 g/mol. The van der Waals surface area contributed by atoms with Crippen LogP contribution in [0, 0.1) is 12.3 Å². The van der Waals surface area contributed by atoms with Gasteiger partial charge in [-0.05, 0) is 31.4 Å². The van der Waals surface area contributed by atoms with Gasteiger partial charge in [-0.2, -0.15) is 0 Å². The van der Waals surface area contributed by atoms with Crippen molar-refractivity contribution in [1.29, 1.82) is 5.41 Å². The zero-order chi connectivity index (χ0) is 13.9. The molecule has 0 aromatic heterocycles. The Kier molecular flexibility index (Phi) is 4.03. The van der Waals surface area contributed by atoms with E-state index in [4.69, 9.17) is 10.1 Å². The van der Waals surface area contributed by atoms with Crippen LogP contribution in [0.1, 0.15) is 24.0 Å². The second-order valence-electron chi connectivity index (χ2n) is 5.88. The minimum absolute atomic E-state index is 0.521. The first kappa shape index (κ1) is 13.6. The van der Waals surface area contributed by atoms with Crippen molar-refractivity contribution in [3.05, 3.63) is 29.3 Å². The predicted molar refractivity (Wildman–Crippen MR) is 81.9 cm³/mol. The Morgan fingerprint density at radius 3 is 2.65 bits per heavy atom. The van der Waals surface area contributed by atoms with Crippen LogP contribution in [0.4, 0.5) is 5.69 Å². The lowest BCUT2D eigenvalue weighted by molar-refractivity contribution is -0.0705. The number of piperidine rings is 1. The van der Waals surface area contributed by atoms with Crippen LogP contribution in [0.2, 0.25) is 0 Å². The maximum atomic E-state index is 7.51. The molecule has 20 heavy (non-hydrogen) atoms. The number of rotatable bonds is 4. The van der Waals surface area contributed by atoms with E-state index >= 15 is 0 Å². The Morgan fingerprint density at radius 1 is 1.30 bits per heavy atom. The number of nitrogens with zero attached hydrogens (tertiary/aromatic N) is 1. The molecule has 0 spiro atoms. The van der Waals surface area contributed by atoms with Crippen molar-refractivity contribution in [3.63, 3.8) is 0 Å². The fraction of sp³-hybridized carbons (Fsp3) is 0.562. The van der Waals surface area contributed by atoms with E-state index in [1.165, 1.54) is 24.6 Å². The highest BCUT2D eigenvalue weighted by atomic mass is 16.5. The topological polar surface area (TPSA) is 48.4 Å². The summed E-state index contributed by atoms with van der Waals surface area (Å²) in [5.74, 6) is 0. The highest BCUT2D eigenvalue weighted by Gasteiger charge is 2.29. The summed E-state index contributed by atoms with van der Waals surface area (Å²) in [7, 11) is 0. The molecule has 2 heterocycles. The van der Waals surface area contributed by atoms with Crippen LogP contribution in [0.15, 0.2) is 18.2 Å². The van der Waals surface area contributed by atoms with Gasteiger partial charge in [0, 0.05) is 36.6 Å². The minimum Gasteiger partial charge on any atom is -0.382 e. The normalized spacial score (nSPS) is 21.4. The van der Waals surface area contributed by atoms with Gasteiger partial charge in [0.2, 0.25) is 0 Å². The summed E-state index contributed by atoms with van der Waals surface area (Å²) in [6.45, 7) is 6.22. The number of nitrogens with one attached hydrogen (secondary N) is 2. The smallest absolute Gasteiger partial charge is 0.0645 e. The molecular formula is C16H23N3O. The maximum absolute atomic E-state index is 7.51. The van der Waals surface area contributed by atoms with Crippen molar-refractivity contribution >= 4 is 11.9 Å². The molecule has 108 valence electrons. The second-order valence-corrected chi connectivity index (χ2v) is 5.88. The number of hydrogen-bond acceptors (Lipinski definition) is 4. The van der Waals surface area contributed by atoms with Gasteiger partial charge < -0.3 is 15.5 Å². The fourth-order valence-corrected chi connectivity index (χ4v) is 2.98. The zero-order valence-electron chi connectivity index (χ0n) is 12.1. The lowest BCUT2D eigenvalue weighted by Crippen LogP contribution is -2.53. The summed E-state index contributed by atoms with van der Waals surface area (Å²) >= 11 is 0. The number of anilines is 1. The molecule has 0 radical (unpaired) electrons. The highest BCUT2D eigenvalue weighted by Crippen LogP contribution is 2.23. The van der Waals surface area contributed by atoms with Crippen molar-refractivity contribution in [1.82, 2.24) is 4.90 Å². The summed E-state index contributed by atoms with van der Waals surface area (Å²) < 4.78 is 5.27. The molecule has 4 nitrogen and oxygen atoms in total. The first-order valence-electron chi connectivity index (χ1n) is 7.46. The van der Waals surface area contributed by atoms with E-state index in [9.17, 15) is 0 Å². The van der Waals surface area contributed by atoms with E-state index in [-0.39, 0.29) is 0 Å². The van der Waals surface area contributed by atoms with E-state index in [2.05, 4.69) is 29.3 Å². The van der Waals surface area contributed by atoms with Crippen molar-refractivity contribution in [2.24, 2.45) is 0 Å². The van der Waals surface area contributed by atoms with Gasteiger partial charge in [-0.1, -0.05) is 12.1 Å². The van der Waals surface area contributed by atoms with Gasteiger partial charge >= 0.3 is 0 Å². The molecule has 0 amide bonds. The molecule has 0 aliphatic carbocycles. The standard InChI is InChI=1S/C16H23N3O/c1-12-2-3-13(9-17)16(8-12)18-14-4-6-19(7-5-14)15-10-20-11-15/h2-3,8-9,14-15,17-18H,4-7,10-11H2,1H3. The van der Waals surface area contributed by atoms with Gasteiger partial charge in [0.15, 0.2) is 0 Å². The van der Waals surface area contributed by atoms with Crippen molar-refractivity contribution in [3.8, 4) is 0 Å². The predicted octanol–water partition coefficient (Wildman–Crippen LogP) is 2.27. The summed E-state index contributed by atoms with van der Waals surface area (Å²) in [6.07, 6.45) is 3.77. The molecule has 2 saturated heterocycles. The van der Waals surface area contributed by atoms with Crippen LogP contribution in [-0.2, 0) is 4.74 Å². The lowest BCUT2D eigenvalue weighted by Gasteiger charge is -2.41. The molecule has 2 fully saturated rings.